The predicted molar refractivity (Wildman–Crippen MR) is 106 cm³/mol. The van der Waals surface area contributed by atoms with Gasteiger partial charge in [-0.1, -0.05) is 62.4 Å². The summed E-state index contributed by atoms with van der Waals surface area (Å²) in [4.78, 5) is 11.8. The first kappa shape index (κ1) is 19.9. The Balaban J connectivity index is 2.27. The van der Waals surface area contributed by atoms with Crippen molar-refractivity contribution in [2.75, 3.05) is 6.61 Å². The summed E-state index contributed by atoms with van der Waals surface area (Å²) in [6, 6.07) is 14.7. The molecule has 0 spiro atoms. The molecule has 2 rings (SSSR count). The highest BCUT2D eigenvalue weighted by molar-refractivity contribution is 5.87. The van der Waals surface area contributed by atoms with Crippen molar-refractivity contribution in [3.05, 3.63) is 71.3 Å². The van der Waals surface area contributed by atoms with E-state index in [4.69, 9.17) is 9.84 Å². The average molecular weight is 352 g/mol. The maximum atomic E-state index is 11.8. The monoisotopic (exact) mass is 352 g/mol. The minimum absolute atomic E-state index is 0.207. The molecule has 0 radical (unpaired) electrons. The molecule has 0 heterocycles. The summed E-state index contributed by atoms with van der Waals surface area (Å²) in [7, 11) is 0. The molecule has 0 aromatic heterocycles. The first-order valence-electron chi connectivity index (χ1n) is 9.19. The van der Waals surface area contributed by atoms with Gasteiger partial charge in [-0.3, -0.25) is 0 Å². The number of aliphatic hydroxyl groups excluding tert-OH is 1. The topological polar surface area (TPSA) is 46.5 Å². The smallest absolute Gasteiger partial charge is 0.333 e. The molecule has 3 nitrogen and oxygen atoms in total. The predicted octanol–water partition coefficient (Wildman–Crippen LogP) is 4.85. The summed E-state index contributed by atoms with van der Waals surface area (Å²) in [6.45, 7) is 7.89. The fourth-order valence-electron chi connectivity index (χ4n) is 2.89. The lowest BCUT2D eigenvalue weighted by Gasteiger charge is -2.13. The fourth-order valence-corrected chi connectivity index (χ4v) is 2.89. The third-order valence-electron chi connectivity index (χ3n) is 4.30. The maximum absolute atomic E-state index is 11.8. The normalized spacial score (nSPS) is 10.6. The van der Waals surface area contributed by atoms with Crippen molar-refractivity contribution in [1.29, 1.82) is 0 Å². The Morgan fingerprint density at radius 1 is 1.08 bits per heavy atom. The highest BCUT2D eigenvalue weighted by Crippen LogP contribution is 2.27. The van der Waals surface area contributed by atoms with E-state index in [1.807, 2.05) is 0 Å². The fraction of sp³-hybridized carbons (Fsp3) is 0.348. The van der Waals surface area contributed by atoms with Gasteiger partial charge in [-0.2, -0.15) is 0 Å². The van der Waals surface area contributed by atoms with Gasteiger partial charge in [-0.05, 0) is 54.0 Å². The second kappa shape index (κ2) is 9.93. The molecule has 0 atom stereocenters. The minimum atomic E-state index is -0.365. The van der Waals surface area contributed by atoms with Crippen LogP contribution in [0.2, 0.25) is 0 Å². The number of benzene rings is 2. The van der Waals surface area contributed by atoms with Crippen LogP contribution in [0.1, 0.15) is 43.4 Å². The molecule has 0 saturated carbocycles. The van der Waals surface area contributed by atoms with E-state index in [1.54, 1.807) is 6.92 Å². The Morgan fingerprint density at radius 2 is 1.77 bits per heavy atom. The molecule has 1 N–H and O–H groups in total. The van der Waals surface area contributed by atoms with Crippen LogP contribution in [0.3, 0.4) is 0 Å². The standard InChI is InChI=1S/C23H28O3/c1-4-6-19-10-13-22(21(15-19)16-26-23(25)17(2)3)20-11-8-18(9-12-20)7-5-14-24/h8-13,15,24H,2,4-7,14,16H2,1,3H3. The number of hydrogen-bond donors (Lipinski definition) is 1. The molecular formula is C23H28O3. The summed E-state index contributed by atoms with van der Waals surface area (Å²) in [6.07, 6.45) is 3.72. The maximum Gasteiger partial charge on any atom is 0.333 e. The number of rotatable bonds is 9. The van der Waals surface area contributed by atoms with E-state index in [2.05, 4.69) is 56.0 Å². The van der Waals surface area contributed by atoms with Crippen molar-refractivity contribution >= 4 is 5.97 Å². The van der Waals surface area contributed by atoms with Gasteiger partial charge in [0.05, 0.1) is 0 Å². The van der Waals surface area contributed by atoms with Gasteiger partial charge in [0.2, 0.25) is 0 Å². The zero-order valence-electron chi connectivity index (χ0n) is 15.8. The molecule has 0 fully saturated rings. The number of esters is 1. The van der Waals surface area contributed by atoms with Crippen LogP contribution in [0.4, 0.5) is 0 Å². The van der Waals surface area contributed by atoms with Crippen LogP contribution in [0.5, 0.6) is 0 Å². The quantitative estimate of drug-likeness (QED) is 0.518. The zero-order valence-corrected chi connectivity index (χ0v) is 15.8. The van der Waals surface area contributed by atoms with Crippen molar-refractivity contribution < 1.29 is 14.6 Å². The molecule has 2 aromatic carbocycles. The Kier molecular flexibility index (Phi) is 7.61. The van der Waals surface area contributed by atoms with Crippen molar-refractivity contribution in [3.8, 4) is 11.1 Å². The lowest BCUT2D eigenvalue weighted by Crippen LogP contribution is -2.06. The van der Waals surface area contributed by atoms with Crippen LogP contribution < -0.4 is 0 Å². The lowest BCUT2D eigenvalue weighted by atomic mass is 9.95. The SMILES string of the molecule is C=C(C)C(=O)OCc1cc(CCC)ccc1-c1ccc(CCCO)cc1. The number of ether oxygens (including phenoxy) is 1. The number of hydrogen-bond acceptors (Lipinski definition) is 3. The van der Waals surface area contributed by atoms with Crippen molar-refractivity contribution in [3.63, 3.8) is 0 Å². The number of carbonyl (C=O) groups excluding carboxylic acids is 1. The van der Waals surface area contributed by atoms with E-state index in [-0.39, 0.29) is 19.2 Å². The lowest BCUT2D eigenvalue weighted by molar-refractivity contribution is -0.140. The summed E-state index contributed by atoms with van der Waals surface area (Å²) in [5.74, 6) is -0.365. The highest BCUT2D eigenvalue weighted by Gasteiger charge is 2.10. The van der Waals surface area contributed by atoms with Gasteiger partial charge >= 0.3 is 5.97 Å². The Labute approximate surface area is 156 Å². The van der Waals surface area contributed by atoms with Gasteiger partial charge in [0.1, 0.15) is 6.61 Å². The van der Waals surface area contributed by atoms with Gasteiger partial charge in [0.25, 0.3) is 0 Å². The molecule has 3 heteroatoms. The first-order valence-corrected chi connectivity index (χ1v) is 9.19. The summed E-state index contributed by atoms with van der Waals surface area (Å²) in [5.41, 5.74) is 6.05. The second-order valence-corrected chi connectivity index (χ2v) is 6.62. The van der Waals surface area contributed by atoms with E-state index >= 15 is 0 Å². The Hall–Kier alpha value is -2.39. The Bertz CT molecular complexity index is 745. The molecule has 0 unspecified atom stereocenters. The molecule has 0 saturated heterocycles. The molecule has 26 heavy (non-hydrogen) atoms. The Morgan fingerprint density at radius 3 is 2.38 bits per heavy atom. The molecule has 0 aliphatic heterocycles. The summed E-state index contributed by atoms with van der Waals surface area (Å²) < 4.78 is 5.40. The number of carbonyl (C=O) groups is 1. The van der Waals surface area contributed by atoms with Crippen LogP contribution in [-0.2, 0) is 29.0 Å². The third-order valence-corrected chi connectivity index (χ3v) is 4.30. The third kappa shape index (κ3) is 5.57. The molecular weight excluding hydrogens is 324 g/mol. The van der Waals surface area contributed by atoms with Gasteiger partial charge in [0.15, 0.2) is 0 Å². The van der Waals surface area contributed by atoms with E-state index in [9.17, 15) is 4.79 Å². The van der Waals surface area contributed by atoms with Gasteiger partial charge < -0.3 is 9.84 Å². The summed E-state index contributed by atoms with van der Waals surface area (Å²) in [5, 5.41) is 8.96. The highest BCUT2D eigenvalue weighted by atomic mass is 16.5. The van der Waals surface area contributed by atoms with Gasteiger partial charge in [0, 0.05) is 12.2 Å². The van der Waals surface area contributed by atoms with Gasteiger partial charge in [-0.25, -0.2) is 4.79 Å². The van der Waals surface area contributed by atoms with Crippen LogP contribution in [0, 0.1) is 0 Å². The van der Waals surface area contributed by atoms with E-state index in [1.165, 1.54) is 11.1 Å². The average Bonchev–Trinajstić information content (AvgIpc) is 2.65. The molecule has 138 valence electrons. The first-order chi connectivity index (χ1) is 12.5. The number of aliphatic hydroxyl groups is 1. The summed E-state index contributed by atoms with van der Waals surface area (Å²) >= 11 is 0. The molecule has 0 bridgehead atoms. The van der Waals surface area contributed by atoms with Crippen molar-refractivity contribution in [1.82, 2.24) is 0 Å². The van der Waals surface area contributed by atoms with E-state index in [0.29, 0.717) is 5.57 Å². The number of aryl methyl sites for hydroxylation is 2. The molecule has 0 aliphatic rings. The zero-order chi connectivity index (χ0) is 18.9. The van der Waals surface area contributed by atoms with E-state index in [0.717, 1.165) is 42.4 Å². The van der Waals surface area contributed by atoms with Crippen LogP contribution >= 0.6 is 0 Å². The van der Waals surface area contributed by atoms with E-state index < -0.39 is 0 Å². The largest absolute Gasteiger partial charge is 0.457 e. The molecule has 0 amide bonds. The van der Waals surface area contributed by atoms with Crippen LogP contribution in [-0.4, -0.2) is 17.7 Å². The van der Waals surface area contributed by atoms with Crippen molar-refractivity contribution in [2.45, 2.75) is 46.1 Å². The minimum Gasteiger partial charge on any atom is -0.457 e. The second-order valence-electron chi connectivity index (χ2n) is 6.62. The van der Waals surface area contributed by atoms with Crippen LogP contribution in [0.15, 0.2) is 54.6 Å². The molecule has 0 aliphatic carbocycles. The molecule has 2 aromatic rings. The van der Waals surface area contributed by atoms with Gasteiger partial charge in [-0.15, -0.1) is 0 Å². The van der Waals surface area contributed by atoms with Crippen LogP contribution in [0.25, 0.3) is 11.1 Å². The van der Waals surface area contributed by atoms with Crippen molar-refractivity contribution in [2.24, 2.45) is 0 Å².